The van der Waals surface area contributed by atoms with Crippen molar-refractivity contribution in [2.45, 2.75) is 32.4 Å². The summed E-state index contributed by atoms with van der Waals surface area (Å²) in [6.45, 7) is 2.47. The normalized spacial score (nSPS) is 15.4. The molecule has 0 spiro atoms. The molecular formula is C24H25FN4O2. The fourth-order valence-electron chi connectivity index (χ4n) is 4.41. The van der Waals surface area contributed by atoms with Crippen molar-refractivity contribution in [2.24, 2.45) is 0 Å². The topological polar surface area (TPSA) is 59.4 Å². The molecule has 0 saturated carbocycles. The van der Waals surface area contributed by atoms with Crippen molar-refractivity contribution in [3.63, 3.8) is 0 Å². The van der Waals surface area contributed by atoms with Crippen LogP contribution in [0.25, 0.3) is 0 Å². The van der Waals surface area contributed by atoms with Crippen molar-refractivity contribution >= 4 is 17.3 Å². The van der Waals surface area contributed by atoms with Gasteiger partial charge in [0, 0.05) is 42.6 Å². The molecule has 31 heavy (non-hydrogen) atoms. The van der Waals surface area contributed by atoms with Crippen molar-refractivity contribution in [1.82, 2.24) is 9.78 Å². The highest BCUT2D eigenvalue weighted by atomic mass is 19.1. The first-order chi connectivity index (χ1) is 15.1. The number of ether oxygens (including phenoxy) is 1. The lowest BCUT2D eigenvalue weighted by molar-refractivity contribution is 0.0984. The number of benzene rings is 2. The molecule has 0 fully saturated rings. The highest BCUT2D eigenvalue weighted by Gasteiger charge is 2.26. The Morgan fingerprint density at radius 1 is 1.19 bits per heavy atom. The minimum absolute atomic E-state index is 0.238. The number of halogens is 1. The Balaban J connectivity index is 1.42. The number of aryl methyl sites for hydroxylation is 1. The number of nitrogens with one attached hydrogen (secondary N) is 1. The minimum Gasteiger partial charge on any atom is -0.376 e. The van der Waals surface area contributed by atoms with E-state index in [1.54, 1.807) is 12.1 Å². The molecule has 6 nitrogen and oxygen atoms in total. The van der Waals surface area contributed by atoms with Crippen LogP contribution in [0, 0.1) is 5.82 Å². The molecule has 2 aliphatic rings. The summed E-state index contributed by atoms with van der Waals surface area (Å²) in [5, 5.41) is 7.65. The molecule has 0 saturated heterocycles. The molecule has 0 radical (unpaired) electrons. The number of carbonyl (C=O) groups excluding carboxylic acids is 1. The van der Waals surface area contributed by atoms with E-state index in [1.807, 2.05) is 16.8 Å². The van der Waals surface area contributed by atoms with E-state index in [9.17, 15) is 9.18 Å². The molecule has 0 bridgehead atoms. The average Bonchev–Trinajstić information content (AvgIpc) is 3.15. The number of carbonyl (C=O) groups is 1. The Morgan fingerprint density at radius 2 is 2.03 bits per heavy atom. The van der Waals surface area contributed by atoms with E-state index in [0.29, 0.717) is 31.9 Å². The lowest BCUT2D eigenvalue weighted by Gasteiger charge is -2.28. The second-order valence-electron chi connectivity index (χ2n) is 8.18. The SMILES string of the molecule is CN1CCCc2ccc(NC(=O)c3nn(Cc4ccc(F)cc4)c4c3COCC4)cc21. The lowest BCUT2D eigenvalue weighted by Crippen LogP contribution is -2.25. The maximum atomic E-state index is 13.3. The van der Waals surface area contributed by atoms with E-state index in [4.69, 9.17) is 4.74 Å². The molecule has 1 aromatic heterocycles. The zero-order valence-electron chi connectivity index (χ0n) is 17.5. The zero-order chi connectivity index (χ0) is 21.4. The van der Waals surface area contributed by atoms with Gasteiger partial charge in [0.05, 0.1) is 19.8 Å². The second kappa shape index (κ2) is 8.15. The number of nitrogens with zero attached hydrogens (tertiary/aromatic N) is 3. The van der Waals surface area contributed by atoms with Gasteiger partial charge in [0.1, 0.15) is 5.82 Å². The fraction of sp³-hybridized carbons (Fsp3) is 0.333. The summed E-state index contributed by atoms with van der Waals surface area (Å²) >= 11 is 0. The predicted molar refractivity (Wildman–Crippen MR) is 117 cm³/mol. The summed E-state index contributed by atoms with van der Waals surface area (Å²) in [5.41, 5.74) is 6.39. The maximum absolute atomic E-state index is 13.3. The van der Waals surface area contributed by atoms with Crippen LogP contribution in [0.15, 0.2) is 42.5 Å². The quantitative estimate of drug-likeness (QED) is 0.698. The predicted octanol–water partition coefficient (Wildman–Crippen LogP) is 3.78. The number of amides is 1. The van der Waals surface area contributed by atoms with Gasteiger partial charge < -0.3 is 15.0 Å². The number of aromatic nitrogens is 2. The fourth-order valence-corrected chi connectivity index (χ4v) is 4.41. The highest BCUT2D eigenvalue weighted by molar-refractivity contribution is 6.04. The Bertz CT molecular complexity index is 1120. The smallest absolute Gasteiger partial charge is 0.276 e. The molecule has 2 aromatic carbocycles. The van der Waals surface area contributed by atoms with Gasteiger partial charge in [-0.2, -0.15) is 5.10 Å². The van der Waals surface area contributed by atoms with Crippen LogP contribution in [-0.4, -0.2) is 35.9 Å². The summed E-state index contributed by atoms with van der Waals surface area (Å²) in [4.78, 5) is 15.4. The highest BCUT2D eigenvalue weighted by Crippen LogP contribution is 2.29. The molecule has 2 aliphatic heterocycles. The zero-order valence-corrected chi connectivity index (χ0v) is 17.5. The summed E-state index contributed by atoms with van der Waals surface area (Å²) in [6.07, 6.45) is 2.90. The van der Waals surface area contributed by atoms with Crippen LogP contribution in [0.3, 0.4) is 0 Å². The Hall–Kier alpha value is -3.19. The van der Waals surface area contributed by atoms with Gasteiger partial charge in [0.25, 0.3) is 5.91 Å². The van der Waals surface area contributed by atoms with Gasteiger partial charge in [-0.1, -0.05) is 18.2 Å². The number of hydrogen-bond acceptors (Lipinski definition) is 4. The van der Waals surface area contributed by atoms with E-state index in [1.165, 1.54) is 17.7 Å². The van der Waals surface area contributed by atoms with E-state index < -0.39 is 0 Å². The van der Waals surface area contributed by atoms with Crippen molar-refractivity contribution in [2.75, 3.05) is 30.4 Å². The summed E-state index contributed by atoms with van der Waals surface area (Å²) in [5.74, 6) is -0.506. The third kappa shape index (κ3) is 3.93. The van der Waals surface area contributed by atoms with Crippen LogP contribution in [-0.2, 0) is 30.7 Å². The van der Waals surface area contributed by atoms with Crippen LogP contribution >= 0.6 is 0 Å². The Labute approximate surface area is 180 Å². The van der Waals surface area contributed by atoms with Gasteiger partial charge in [0.15, 0.2) is 5.69 Å². The van der Waals surface area contributed by atoms with Gasteiger partial charge >= 0.3 is 0 Å². The van der Waals surface area contributed by atoms with Crippen molar-refractivity contribution in [3.05, 3.63) is 76.4 Å². The van der Waals surface area contributed by atoms with E-state index in [-0.39, 0.29) is 11.7 Å². The van der Waals surface area contributed by atoms with Crippen LogP contribution in [0.2, 0.25) is 0 Å². The number of fused-ring (bicyclic) bond motifs is 2. The molecule has 0 unspecified atom stereocenters. The maximum Gasteiger partial charge on any atom is 0.276 e. The number of rotatable bonds is 4. The molecule has 1 amide bonds. The number of anilines is 2. The largest absolute Gasteiger partial charge is 0.376 e. The summed E-state index contributed by atoms with van der Waals surface area (Å²) in [6, 6.07) is 12.4. The average molecular weight is 420 g/mol. The molecule has 7 heteroatoms. The Kier molecular flexibility index (Phi) is 5.19. The van der Waals surface area contributed by atoms with Crippen LogP contribution in [0.4, 0.5) is 15.8 Å². The van der Waals surface area contributed by atoms with Crippen molar-refractivity contribution < 1.29 is 13.9 Å². The van der Waals surface area contributed by atoms with Gasteiger partial charge in [-0.05, 0) is 48.2 Å². The van der Waals surface area contributed by atoms with Crippen LogP contribution in [0.1, 0.15) is 39.3 Å². The van der Waals surface area contributed by atoms with E-state index >= 15 is 0 Å². The molecule has 3 heterocycles. The second-order valence-corrected chi connectivity index (χ2v) is 8.18. The third-order valence-corrected chi connectivity index (χ3v) is 6.05. The molecule has 3 aromatic rings. The first kappa shape index (κ1) is 19.8. The van der Waals surface area contributed by atoms with Crippen molar-refractivity contribution in [3.8, 4) is 0 Å². The van der Waals surface area contributed by atoms with E-state index in [2.05, 4.69) is 28.4 Å². The third-order valence-electron chi connectivity index (χ3n) is 6.05. The Morgan fingerprint density at radius 3 is 2.87 bits per heavy atom. The molecule has 160 valence electrons. The summed E-state index contributed by atoms with van der Waals surface area (Å²) in [7, 11) is 2.08. The standard InChI is InChI=1S/C24H25FN4O2/c1-28-11-2-3-17-6-9-19(13-22(17)28)26-24(30)23-20-15-31-12-10-21(20)29(27-23)14-16-4-7-18(25)8-5-16/h4-9,13H,2-3,10-12,14-15H2,1H3,(H,26,30). The number of hydrogen-bond donors (Lipinski definition) is 1. The minimum atomic E-state index is -0.268. The van der Waals surface area contributed by atoms with Crippen LogP contribution in [0.5, 0.6) is 0 Å². The molecular weight excluding hydrogens is 395 g/mol. The van der Waals surface area contributed by atoms with Gasteiger partial charge in [-0.3, -0.25) is 9.48 Å². The van der Waals surface area contributed by atoms with E-state index in [0.717, 1.165) is 47.6 Å². The van der Waals surface area contributed by atoms with Crippen LogP contribution < -0.4 is 10.2 Å². The molecule has 1 N–H and O–H groups in total. The first-order valence-corrected chi connectivity index (χ1v) is 10.6. The lowest BCUT2D eigenvalue weighted by atomic mass is 10.0. The molecule has 0 aliphatic carbocycles. The molecule has 0 atom stereocenters. The molecule has 5 rings (SSSR count). The first-order valence-electron chi connectivity index (χ1n) is 10.6. The van der Waals surface area contributed by atoms with Gasteiger partial charge in [-0.25, -0.2) is 4.39 Å². The monoisotopic (exact) mass is 420 g/mol. The van der Waals surface area contributed by atoms with Gasteiger partial charge in [0.2, 0.25) is 0 Å². The summed E-state index contributed by atoms with van der Waals surface area (Å²) < 4.78 is 20.7. The van der Waals surface area contributed by atoms with Crippen molar-refractivity contribution in [1.29, 1.82) is 0 Å². The van der Waals surface area contributed by atoms with Gasteiger partial charge in [-0.15, -0.1) is 0 Å².